The number of aromatic nitrogens is 2. The number of nitrogens with one attached hydrogen (secondary N) is 1. The Balaban J connectivity index is 1.88. The number of halogens is 1. The summed E-state index contributed by atoms with van der Waals surface area (Å²) in [6.45, 7) is 1.93. The summed E-state index contributed by atoms with van der Waals surface area (Å²) in [5.74, 6) is 0.272. The molecule has 3 aromatic rings. The summed E-state index contributed by atoms with van der Waals surface area (Å²) >= 11 is 2.18. The monoisotopic (exact) mass is 405 g/mol. The number of carbonyl (C=O) groups is 1. The maximum Gasteiger partial charge on any atom is 0.255 e. The van der Waals surface area contributed by atoms with Crippen LogP contribution in [0.2, 0.25) is 0 Å². The maximum atomic E-state index is 12.4. The quantitative estimate of drug-likeness (QED) is 0.672. The van der Waals surface area contributed by atoms with E-state index in [9.17, 15) is 4.79 Å². The third-order valence-corrected chi connectivity index (χ3v) is 3.85. The fourth-order valence-corrected chi connectivity index (χ4v) is 2.56. The average molecular weight is 405 g/mol. The van der Waals surface area contributed by atoms with Gasteiger partial charge in [0.05, 0.1) is 0 Å². The molecule has 0 atom stereocenters. The van der Waals surface area contributed by atoms with Gasteiger partial charge in [0.2, 0.25) is 12.3 Å². The van der Waals surface area contributed by atoms with E-state index in [-0.39, 0.29) is 5.91 Å². The fraction of sp³-hybridized carbons (Fsp3) is 0.0625. The van der Waals surface area contributed by atoms with Gasteiger partial charge in [0.15, 0.2) is 0 Å². The highest BCUT2D eigenvalue weighted by Crippen LogP contribution is 2.24. The van der Waals surface area contributed by atoms with Gasteiger partial charge < -0.3 is 9.73 Å². The normalized spacial score (nSPS) is 10.5. The van der Waals surface area contributed by atoms with Crippen LogP contribution >= 0.6 is 22.6 Å². The lowest BCUT2D eigenvalue weighted by Crippen LogP contribution is -2.13. The Labute approximate surface area is 140 Å². The van der Waals surface area contributed by atoms with E-state index < -0.39 is 0 Å². The van der Waals surface area contributed by atoms with Gasteiger partial charge in [0.1, 0.15) is 0 Å². The van der Waals surface area contributed by atoms with Crippen molar-refractivity contribution < 1.29 is 9.21 Å². The molecule has 6 heteroatoms. The molecule has 0 unspecified atom stereocenters. The van der Waals surface area contributed by atoms with Crippen LogP contribution in [0, 0.1) is 10.5 Å². The largest absolute Gasteiger partial charge is 0.423 e. The summed E-state index contributed by atoms with van der Waals surface area (Å²) < 4.78 is 6.20. The highest BCUT2D eigenvalue weighted by molar-refractivity contribution is 14.1. The molecular formula is C16H12IN3O2. The van der Waals surface area contributed by atoms with Crippen LogP contribution in [0.1, 0.15) is 15.9 Å². The molecule has 0 aliphatic heterocycles. The molecule has 5 nitrogen and oxygen atoms in total. The predicted octanol–water partition coefficient (Wildman–Crippen LogP) is 3.90. The highest BCUT2D eigenvalue weighted by atomic mass is 127. The zero-order valence-corrected chi connectivity index (χ0v) is 13.9. The Bertz CT molecular complexity index is 816. The lowest BCUT2D eigenvalue weighted by atomic mass is 10.1. The Morgan fingerprint density at radius 1 is 1.23 bits per heavy atom. The number of amides is 1. The van der Waals surface area contributed by atoms with Crippen molar-refractivity contribution in [2.24, 2.45) is 0 Å². The van der Waals surface area contributed by atoms with Crippen LogP contribution in [-0.2, 0) is 0 Å². The van der Waals surface area contributed by atoms with Gasteiger partial charge in [-0.1, -0.05) is 12.1 Å². The van der Waals surface area contributed by atoms with Crippen molar-refractivity contribution in [2.75, 3.05) is 5.32 Å². The molecule has 0 saturated heterocycles. The minimum absolute atomic E-state index is 0.149. The molecule has 0 fully saturated rings. The molecule has 0 aliphatic carbocycles. The fourth-order valence-electron chi connectivity index (χ4n) is 2.01. The van der Waals surface area contributed by atoms with Gasteiger partial charge >= 0.3 is 0 Å². The third-order valence-electron chi connectivity index (χ3n) is 3.18. The molecule has 0 radical (unpaired) electrons. The van der Waals surface area contributed by atoms with E-state index in [4.69, 9.17) is 4.42 Å². The molecule has 1 heterocycles. The third kappa shape index (κ3) is 3.16. The van der Waals surface area contributed by atoms with Crippen LogP contribution in [-0.4, -0.2) is 16.1 Å². The predicted molar refractivity (Wildman–Crippen MR) is 91.6 cm³/mol. The molecule has 1 aromatic heterocycles. The standard InChI is InChI=1S/C16H12IN3O2/c1-10-5-6-12(16-20-18-9-22-16)8-14(10)19-15(21)11-3-2-4-13(17)7-11/h2-9H,1H3,(H,19,21). The second-order valence-electron chi connectivity index (χ2n) is 4.74. The Kier molecular flexibility index (Phi) is 4.19. The minimum atomic E-state index is -0.149. The number of aryl methyl sites for hydroxylation is 1. The second-order valence-corrected chi connectivity index (χ2v) is 5.98. The summed E-state index contributed by atoms with van der Waals surface area (Å²) in [5.41, 5.74) is 3.07. The van der Waals surface area contributed by atoms with Crippen LogP contribution in [0.5, 0.6) is 0 Å². The number of anilines is 1. The van der Waals surface area contributed by atoms with Crippen LogP contribution in [0.4, 0.5) is 5.69 Å². The number of hydrogen-bond donors (Lipinski definition) is 1. The summed E-state index contributed by atoms with van der Waals surface area (Å²) in [4.78, 5) is 12.4. The molecular weight excluding hydrogens is 393 g/mol. The first-order chi connectivity index (χ1) is 10.6. The average Bonchev–Trinajstić information content (AvgIpc) is 3.04. The molecule has 1 amide bonds. The smallest absolute Gasteiger partial charge is 0.255 e. The lowest BCUT2D eigenvalue weighted by Gasteiger charge is -2.10. The Morgan fingerprint density at radius 2 is 2.09 bits per heavy atom. The van der Waals surface area contributed by atoms with Crippen molar-refractivity contribution in [3.63, 3.8) is 0 Å². The Morgan fingerprint density at radius 3 is 2.82 bits per heavy atom. The molecule has 2 aromatic carbocycles. The summed E-state index contributed by atoms with van der Waals surface area (Å²) in [5, 5.41) is 10.5. The lowest BCUT2D eigenvalue weighted by molar-refractivity contribution is 0.102. The van der Waals surface area contributed by atoms with Crippen molar-refractivity contribution in [1.82, 2.24) is 10.2 Å². The van der Waals surface area contributed by atoms with E-state index in [1.54, 1.807) is 6.07 Å². The van der Waals surface area contributed by atoms with E-state index in [2.05, 4.69) is 38.1 Å². The zero-order valence-electron chi connectivity index (χ0n) is 11.7. The van der Waals surface area contributed by atoms with Gasteiger partial charge in [-0.2, -0.15) is 0 Å². The zero-order chi connectivity index (χ0) is 15.5. The first-order valence-corrected chi connectivity index (χ1v) is 7.65. The van der Waals surface area contributed by atoms with E-state index in [0.29, 0.717) is 11.5 Å². The van der Waals surface area contributed by atoms with Crippen LogP contribution in [0.3, 0.4) is 0 Å². The number of nitrogens with zero attached hydrogens (tertiary/aromatic N) is 2. The maximum absolute atomic E-state index is 12.4. The molecule has 1 N–H and O–H groups in total. The molecule has 0 aliphatic rings. The van der Waals surface area contributed by atoms with Gasteiger partial charge in [-0.3, -0.25) is 4.79 Å². The number of rotatable bonds is 3. The number of hydrogen-bond acceptors (Lipinski definition) is 4. The van der Waals surface area contributed by atoms with Crippen LogP contribution < -0.4 is 5.32 Å². The van der Waals surface area contributed by atoms with Gasteiger partial charge in [-0.15, -0.1) is 10.2 Å². The molecule has 0 bridgehead atoms. The first-order valence-electron chi connectivity index (χ1n) is 6.57. The van der Waals surface area contributed by atoms with Crippen LogP contribution in [0.15, 0.2) is 53.3 Å². The summed E-state index contributed by atoms with van der Waals surface area (Å²) in [6, 6.07) is 13.0. The molecule has 110 valence electrons. The van der Waals surface area contributed by atoms with Gasteiger partial charge in [-0.25, -0.2) is 0 Å². The SMILES string of the molecule is Cc1ccc(-c2nnco2)cc1NC(=O)c1cccc(I)c1. The van der Waals surface area contributed by atoms with Crippen molar-refractivity contribution in [3.8, 4) is 11.5 Å². The summed E-state index contributed by atoms with van der Waals surface area (Å²) in [7, 11) is 0. The van der Waals surface area contributed by atoms with Crippen molar-refractivity contribution >= 4 is 34.2 Å². The van der Waals surface area contributed by atoms with Gasteiger partial charge in [0.25, 0.3) is 5.91 Å². The second kappa shape index (κ2) is 6.27. The molecule has 0 saturated carbocycles. The number of carbonyl (C=O) groups excluding carboxylic acids is 1. The Hall–Kier alpha value is -2.22. The van der Waals surface area contributed by atoms with Crippen molar-refractivity contribution in [1.29, 1.82) is 0 Å². The molecule has 22 heavy (non-hydrogen) atoms. The van der Waals surface area contributed by atoms with E-state index in [0.717, 1.165) is 20.4 Å². The van der Waals surface area contributed by atoms with Crippen LogP contribution in [0.25, 0.3) is 11.5 Å². The number of benzene rings is 2. The van der Waals surface area contributed by atoms with Gasteiger partial charge in [0, 0.05) is 20.4 Å². The minimum Gasteiger partial charge on any atom is -0.423 e. The van der Waals surface area contributed by atoms with E-state index in [1.165, 1.54) is 6.39 Å². The molecule has 3 rings (SSSR count). The van der Waals surface area contributed by atoms with E-state index >= 15 is 0 Å². The van der Waals surface area contributed by atoms with E-state index in [1.807, 2.05) is 43.3 Å². The highest BCUT2D eigenvalue weighted by Gasteiger charge is 2.11. The van der Waals surface area contributed by atoms with Crippen molar-refractivity contribution in [3.05, 3.63) is 63.6 Å². The van der Waals surface area contributed by atoms with Gasteiger partial charge in [-0.05, 0) is 65.4 Å². The summed E-state index contributed by atoms with van der Waals surface area (Å²) in [6.07, 6.45) is 1.28. The molecule has 0 spiro atoms. The van der Waals surface area contributed by atoms with Crippen molar-refractivity contribution in [2.45, 2.75) is 6.92 Å². The first kappa shape index (κ1) is 14.7. The topological polar surface area (TPSA) is 68.0 Å².